The van der Waals surface area contributed by atoms with Gasteiger partial charge in [0.2, 0.25) is 0 Å². The third kappa shape index (κ3) is 2.42. The largest absolute Gasteiger partial charge is 0.478 e. The molecule has 3 rings (SSSR count). The van der Waals surface area contributed by atoms with Gasteiger partial charge in [-0.25, -0.2) is 9.59 Å². The van der Waals surface area contributed by atoms with Crippen LogP contribution in [0.3, 0.4) is 0 Å². The molecule has 108 valence electrons. The van der Waals surface area contributed by atoms with Gasteiger partial charge in [0.05, 0.1) is 11.8 Å². The first kappa shape index (κ1) is 13.4. The number of hydrogen-bond acceptors (Lipinski definition) is 4. The lowest BCUT2D eigenvalue weighted by Crippen LogP contribution is -2.23. The summed E-state index contributed by atoms with van der Waals surface area (Å²) in [6.07, 6.45) is 2.54. The molecule has 0 amide bonds. The Balaban J connectivity index is 1.76. The molecular weight excluding hydrogens is 272 g/mol. The van der Waals surface area contributed by atoms with E-state index in [4.69, 9.17) is 9.47 Å². The van der Waals surface area contributed by atoms with Gasteiger partial charge in [0.15, 0.2) is 0 Å². The van der Waals surface area contributed by atoms with Gasteiger partial charge < -0.3 is 14.6 Å². The number of fused-ring (bicyclic) bond motifs is 1. The van der Waals surface area contributed by atoms with Gasteiger partial charge in [-0.1, -0.05) is 24.3 Å². The molecule has 0 saturated carbocycles. The molecule has 0 saturated heterocycles. The average Bonchev–Trinajstić information content (AvgIpc) is 2.73. The number of hydrogen-bond donors (Lipinski definition) is 1. The maximum atomic E-state index is 11.4. The summed E-state index contributed by atoms with van der Waals surface area (Å²) in [5.74, 6) is -1.65. The van der Waals surface area contributed by atoms with Crippen molar-refractivity contribution >= 4 is 11.9 Å². The second-order valence-electron chi connectivity index (χ2n) is 5.09. The molecule has 1 aliphatic heterocycles. The van der Waals surface area contributed by atoms with Crippen LogP contribution in [0.15, 0.2) is 47.7 Å². The first-order chi connectivity index (χ1) is 10.1. The molecule has 5 heteroatoms. The molecule has 0 fully saturated rings. The molecule has 0 aromatic heterocycles. The van der Waals surface area contributed by atoms with Gasteiger partial charge in [-0.05, 0) is 24.5 Å². The SMILES string of the molecule is CC1=CC(O/C=C(/C(=O)O)C2Cc3ccccc32)OC1=O. The maximum Gasteiger partial charge on any atom is 0.336 e. The number of carbonyl (C=O) groups is 2. The van der Waals surface area contributed by atoms with Crippen molar-refractivity contribution < 1.29 is 24.2 Å². The van der Waals surface area contributed by atoms with E-state index < -0.39 is 18.2 Å². The first-order valence-corrected chi connectivity index (χ1v) is 6.62. The lowest BCUT2D eigenvalue weighted by Gasteiger charge is -2.30. The minimum absolute atomic E-state index is 0.169. The van der Waals surface area contributed by atoms with Crippen molar-refractivity contribution in [2.45, 2.75) is 25.6 Å². The number of benzene rings is 1. The number of carboxylic acids is 1. The van der Waals surface area contributed by atoms with Gasteiger partial charge in [-0.2, -0.15) is 0 Å². The Labute approximate surface area is 121 Å². The summed E-state index contributed by atoms with van der Waals surface area (Å²) in [5.41, 5.74) is 2.78. The predicted octanol–water partition coefficient (Wildman–Crippen LogP) is 2.14. The van der Waals surface area contributed by atoms with Crippen LogP contribution in [0.25, 0.3) is 0 Å². The van der Waals surface area contributed by atoms with Crippen molar-refractivity contribution in [3.63, 3.8) is 0 Å². The Morgan fingerprint density at radius 1 is 1.43 bits per heavy atom. The molecule has 0 radical (unpaired) electrons. The van der Waals surface area contributed by atoms with Gasteiger partial charge in [0.25, 0.3) is 6.29 Å². The molecule has 2 unspecified atom stereocenters. The lowest BCUT2D eigenvalue weighted by atomic mass is 9.74. The maximum absolute atomic E-state index is 11.4. The minimum atomic E-state index is -1.03. The van der Waals surface area contributed by atoms with E-state index >= 15 is 0 Å². The molecule has 5 nitrogen and oxygen atoms in total. The topological polar surface area (TPSA) is 72.8 Å². The van der Waals surface area contributed by atoms with Crippen LogP contribution in [0, 0.1) is 0 Å². The van der Waals surface area contributed by atoms with Crippen LogP contribution < -0.4 is 0 Å². The number of carboxylic acid groups (broad SMARTS) is 1. The molecule has 1 heterocycles. The molecule has 1 N–H and O–H groups in total. The summed E-state index contributed by atoms with van der Waals surface area (Å²) in [5, 5.41) is 9.34. The normalized spacial score (nSPS) is 23.8. The highest BCUT2D eigenvalue weighted by Gasteiger charge is 2.33. The van der Waals surface area contributed by atoms with E-state index in [9.17, 15) is 14.7 Å². The van der Waals surface area contributed by atoms with Crippen molar-refractivity contribution in [2.75, 3.05) is 0 Å². The van der Waals surface area contributed by atoms with E-state index in [0.717, 1.165) is 11.1 Å². The van der Waals surface area contributed by atoms with Gasteiger partial charge in [-0.3, -0.25) is 0 Å². The van der Waals surface area contributed by atoms with Crippen molar-refractivity contribution in [1.82, 2.24) is 0 Å². The average molecular weight is 286 g/mol. The lowest BCUT2D eigenvalue weighted by molar-refractivity contribution is -0.152. The summed E-state index contributed by atoms with van der Waals surface area (Å²) >= 11 is 0. The number of aliphatic carboxylic acids is 1. The Kier molecular flexibility index (Phi) is 3.25. The zero-order chi connectivity index (χ0) is 15.0. The zero-order valence-corrected chi connectivity index (χ0v) is 11.4. The molecule has 2 aliphatic rings. The highest BCUT2D eigenvalue weighted by atomic mass is 16.7. The standard InChI is InChI=1S/C16H14O5/c1-9-6-14(21-16(9)19)20-8-13(15(17)18)12-7-10-4-2-3-5-11(10)12/h2-6,8,12,14H,7H2,1H3,(H,17,18)/b13-8+. The Morgan fingerprint density at radius 2 is 2.19 bits per heavy atom. The van der Waals surface area contributed by atoms with Crippen LogP contribution in [0.1, 0.15) is 24.0 Å². The number of rotatable bonds is 4. The van der Waals surface area contributed by atoms with E-state index in [1.807, 2.05) is 24.3 Å². The predicted molar refractivity (Wildman–Crippen MR) is 73.3 cm³/mol. The van der Waals surface area contributed by atoms with Crippen LogP contribution in [0.5, 0.6) is 0 Å². The van der Waals surface area contributed by atoms with E-state index in [1.54, 1.807) is 6.92 Å². The van der Waals surface area contributed by atoms with E-state index in [-0.39, 0.29) is 11.5 Å². The van der Waals surface area contributed by atoms with E-state index in [0.29, 0.717) is 12.0 Å². The summed E-state index contributed by atoms with van der Waals surface area (Å²) < 4.78 is 10.2. The Morgan fingerprint density at radius 3 is 2.81 bits per heavy atom. The fraction of sp³-hybridized carbons (Fsp3) is 0.250. The van der Waals surface area contributed by atoms with Gasteiger partial charge in [0, 0.05) is 17.6 Å². The monoisotopic (exact) mass is 286 g/mol. The summed E-state index contributed by atoms with van der Waals surface area (Å²) in [6, 6.07) is 7.72. The number of carbonyl (C=O) groups excluding carboxylic acids is 1. The molecule has 1 aliphatic carbocycles. The van der Waals surface area contributed by atoms with Crippen molar-refractivity contribution in [1.29, 1.82) is 0 Å². The molecule has 1 aromatic rings. The number of cyclic esters (lactones) is 1. The van der Waals surface area contributed by atoms with Crippen LogP contribution in [-0.4, -0.2) is 23.3 Å². The van der Waals surface area contributed by atoms with Crippen molar-refractivity contribution in [2.24, 2.45) is 0 Å². The Hall–Kier alpha value is -2.56. The van der Waals surface area contributed by atoms with Crippen LogP contribution in [-0.2, 0) is 25.5 Å². The van der Waals surface area contributed by atoms with Crippen LogP contribution in [0.4, 0.5) is 0 Å². The quantitative estimate of drug-likeness (QED) is 0.521. The summed E-state index contributed by atoms with van der Waals surface area (Å²) in [4.78, 5) is 22.6. The smallest absolute Gasteiger partial charge is 0.336 e. The second kappa shape index (κ2) is 5.09. The third-order valence-corrected chi connectivity index (χ3v) is 3.74. The molecular formula is C16H14O5. The highest BCUT2D eigenvalue weighted by molar-refractivity contribution is 5.90. The van der Waals surface area contributed by atoms with E-state index in [1.165, 1.54) is 12.3 Å². The van der Waals surface area contributed by atoms with Crippen molar-refractivity contribution in [3.8, 4) is 0 Å². The van der Waals surface area contributed by atoms with Gasteiger partial charge in [0.1, 0.15) is 0 Å². The molecule has 1 aromatic carbocycles. The Bertz CT molecular complexity index is 671. The highest BCUT2D eigenvalue weighted by Crippen LogP contribution is 2.40. The van der Waals surface area contributed by atoms with Crippen LogP contribution >= 0.6 is 0 Å². The number of esters is 1. The van der Waals surface area contributed by atoms with E-state index in [2.05, 4.69) is 0 Å². The molecule has 2 atom stereocenters. The fourth-order valence-electron chi connectivity index (χ4n) is 2.53. The van der Waals surface area contributed by atoms with Gasteiger partial charge >= 0.3 is 11.9 Å². The molecule has 0 spiro atoms. The zero-order valence-electron chi connectivity index (χ0n) is 11.4. The molecule has 0 bridgehead atoms. The molecule has 21 heavy (non-hydrogen) atoms. The second-order valence-corrected chi connectivity index (χ2v) is 5.09. The first-order valence-electron chi connectivity index (χ1n) is 6.62. The summed E-state index contributed by atoms with van der Waals surface area (Å²) in [7, 11) is 0. The van der Waals surface area contributed by atoms with Gasteiger partial charge in [-0.15, -0.1) is 0 Å². The minimum Gasteiger partial charge on any atom is -0.478 e. The number of ether oxygens (including phenoxy) is 2. The summed E-state index contributed by atoms with van der Waals surface area (Å²) in [6.45, 7) is 1.62. The fourth-order valence-corrected chi connectivity index (χ4v) is 2.53. The van der Waals surface area contributed by atoms with Crippen molar-refractivity contribution in [3.05, 3.63) is 58.9 Å². The third-order valence-electron chi connectivity index (χ3n) is 3.74. The van der Waals surface area contributed by atoms with Crippen LogP contribution in [0.2, 0.25) is 0 Å².